The van der Waals surface area contributed by atoms with Gasteiger partial charge in [0.05, 0.1) is 18.2 Å². The second-order valence-corrected chi connectivity index (χ2v) is 5.34. The third-order valence-electron chi connectivity index (χ3n) is 2.40. The van der Waals surface area contributed by atoms with Crippen LogP contribution in [0.5, 0.6) is 0 Å². The van der Waals surface area contributed by atoms with Gasteiger partial charge >= 0.3 is 5.97 Å². The molecule has 2 rings (SSSR count). The molecule has 0 aromatic heterocycles. The highest BCUT2D eigenvalue weighted by molar-refractivity contribution is 8.18. The van der Waals surface area contributed by atoms with E-state index in [1.165, 1.54) is 31.5 Å². The molecule has 1 saturated heterocycles. The Kier molecular flexibility index (Phi) is 5.29. The summed E-state index contributed by atoms with van der Waals surface area (Å²) in [5.74, 6) is -1.58. The normalized spacial score (nSPS) is 18.2. The lowest BCUT2D eigenvalue weighted by Crippen LogP contribution is -2.19. The number of amides is 1. The van der Waals surface area contributed by atoms with Gasteiger partial charge in [-0.2, -0.15) is 5.10 Å². The number of rotatable bonds is 3. The van der Waals surface area contributed by atoms with Crippen LogP contribution in [0.25, 0.3) is 0 Å². The molecule has 1 aliphatic rings. The zero-order valence-electron chi connectivity index (χ0n) is 11.2. The predicted octanol–water partition coefficient (Wildman–Crippen LogP) is 2.09. The van der Waals surface area contributed by atoms with Gasteiger partial charge < -0.3 is 4.74 Å². The number of benzene rings is 1. The lowest BCUT2D eigenvalue weighted by Gasteiger charge is -1.96. The van der Waals surface area contributed by atoms with E-state index in [9.17, 15) is 14.0 Å². The fourth-order valence-corrected chi connectivity index (χ4v) is 2.30. The molecule has 0 atom stereocenters. The van der Waals surface area contributed by atoms with Crippen LogP contribution >= 0.6 is 23.4 Å². The van der Waals surface area contributed by atoms with E-state index in [2.05, 4.69) is 20.3 Å². The lowest BCUT2D eigenvalue weighted by atomic mass is 10.2. The monoisotopic (exact) mass is 341 g/mol. The van der Waals surface area contributed by atoms with Crippen LogP contribution in [0.2, 0.25) is 5.02 Å². The van der Waals surface area contributed by atoms with Crippen molar-refractivity contribution in [3.63, 3.8) is 0 Å². The van der Waals surface area contributed by atoms with Crippen LogP contribution in [-0.2, 0) is 14.3 Å². The van der Waals surface area contributed by atoms with Crippen LogP contribution in [0.1, 0.15) is 5.56 Å². The zero-order chi connectivity index (χ0) is 16.1. The van der Waals surface area contributed by atoms with Crippen LogP contribution in [0.4, 0.5) is 4.39 Å². The minimum absolute atomic E-state index is 0.143. The summed E-state index contributed by atoms with van der Waals surface area (Å²) in [6.07, 6.45) is 2.31. The van der Waals surface area contributed by atoms with Gasteiger partial charge in [-0.05, 0) is 30.0 Å². The van der Waals surface area contributed by atoms with Gasteiger partial charge in [0.2, 0.25) is 0 Å². The fraction of sp³-hybridized carbons (Fsp3) is 0.0769. The first-order valence-electron chi connectivity index (χ1n) is 5.84. The van der Waals surface area contributed by atoms with E-state index in [1.807, 2.05) is 0 Å². The summed E-state index contributed by atoms with van der Waals surface area (Å²) in [5, 5.41) is 10.4. The van der Waals surface area contributed by atoms with Gasteiger partial charge in [-0.25, -0.2) is 9.18 Å². The Morgan fingerprint density at radius 2 is 2.27 bits per heavy atom. The largest absolute Gasteiger partial charge is 0.466 e. The number of carbonyl (C=O) groups excluding carboxylic acids is 2. The van der Waals surface area contributed by atoms with E-state index < -0.39 is 17.7 Å². The van der Waals surface area contributed by atoms with Crippen LogP contribution in [0.15, 0.2) is 39.4 Å². The smallest absolute Gasteiger partial charge is 0.331 e. The topological polar surface area (TPSA) is 80.1 Å². The molecule has 0 unspecified atom stereocenters. The quantitative estimate of drug-likeness (QED) is 0.395. The molecule has 114 valence electrons. The number of methoxy groups -OCH3 is 1. The SMILES string of the molecule is COC(=O)/C=C1/S/C(=N\N=Cc2cc(F)ccc2Cl)NC1=O. The number of nitrogens with zero attached hydrogens (tertiary/aromatic N) is 2. The molecule has 0 aliphatic carbocycles. The highest BCUT2D eigenvalue weighted by atomic mass is 35.5. The highest BCUT2D eigenvalue weighted by Crippen LogP contribution is 2.23. The highest BCUT2D eigenvalue weighted by Gasteiger charge is 2.24. The average Bonchev–Trinajstić information content (AvgIpc) is 2.82. The Morgan fingerprint density at radius 3 is 3.00 bits per heavy atom. The van der Waals surface area contributed by atoms with Gasteiger partial charge in [-0.3, -0.25) is 10.1 Å². The molecule has 1 amide bonds. The second kappa shape index (κ2) is 7.19. The Balaban J connectivity index is 2.10. The number of halogens is 2. The molecule has 0 spiro atoms. The molecule has 9 heteroatoms. The van der Waals surface area contributed by atoms with E-state index in [4.69, 9.17) is 11.6 Å². The maximum Gasteiger partial charge on any atom is 0.331 e. The first-order valence-corrected chi connectivity index (χ1v) is 7.04. The molecule has 1 fully saturated rings. The number of amidine groups is 1. The molecular weight excluding hydrogens is 333 g/mol. The average molecular weight is 342 g/mol. The van der Waals surface area contributed by atoms with Gasteiger partial charge in [-0.1, -0.05) is 11.6 Å². The standard InChI is InChI=1S/C13H9ClFN3O3S/c1-21-11(19)5-10-12(20)17-13(22-10)18-16-6-7-4-8(15)2-3-9(7)14/h2-6H,1H3,(H,17,18,20)/b10-5+,16-6?. The molecule has 0 radical (unpaired) electrons. The van der Waals surface area contributed by atoms with Crippen LogP contribution in [0, 0.1) is 5.82 Å². The summed E-state index contributed by atoms with van der Waals surface area (Å²) in [5.41, 5.74) is 0.352. The van der Waals surface area contributed by atoms with Crippen LogP contribution in [0.3, 0.4) is 0 Å². The van der Waals surface area contributed by atoms with E-state index in [-0.39, 0.29) is 10.1 Å². The van der Waals surface area contributed by atoms with Crippen molar-refractivity contribution in [1.82, 2.24) is 5.32 Å². The summed E-state index contributed by atoms with van der Waals surface area (Å²) in [6.45, 7) is 0. The van der Waals surface area contributed by atoms with Crippen molar-refractivity contribution in [2.45, 2.75) is 0 Å². The van der Waals surface area contributed by atoms with Crippen molar-refractivity contribution in [1.29, 1.82) is 0 Å². The molecule has 1 aromatic rings. The van der Waals surface area contributed by atoms with Gasteiger partial charge in [0.1, 0.15) is 5.82 Å². The number of hydrogen-bond acceptors (Lipinski definition) is 6. The predicted molar refractivity (Wildman–Crippen MR) is 82.3 cm³/mol. The summed E-state index contributed by atoms with van der Waals surface area (Å²) in [6, 6.07) is 3.83. The molecule has 22 heavy (non-hydrogen) atoms. The van der Waals surface area contributed by atoms with E-state index in [0.717, 1.165) is 17.8 Å². The van der Waals surface area contributed by atoms with E-state index >= 15 is 0 Å². The molecule has 1 aliphatic heterocycles. The maximum atomic E-state index is 13.1. The molecular formula is C13H9ClFN3O3S. The van der Waals surface area contributed by atoms with Crippen LogP contribution < -0.4 is 5.32 Å². The Bertz CT molecular complexity index is 718. The minimum atomic E-state index is -0.644. The third-order valence-corrected chi connectivity index (χ3v) is 3.65. The van der Waals surface area contributed by atoms with Gasteiger partial charge in [0, 0.05) is 16.7 Å². The molecule has 1 N–H and O–H groups in total. The van der Waals surface area contributed by atoms with Gasteiger partial charge in [0.25, 0.3) is 5.91 Å². The number of carbonyl (C=O) groups is 2. The lowest BCUT2D eigenvalue weighted by molar-refractivity contribution is -0.135. The van der Waals surface area contributed by atoms with Crippen molar-refractivity contribution >= 4 is 46.6 Å². The summed E-state index contributed by atoms with van der Waals surface area (Å²) in [7, 11) is 1.21. The van der Waals surface area contributed by atoms with E-state index in [1.54, 1.807) is 0 Å². The third kappa shape index (κ3) is 4.15. The summed E-state index contributed by atoms with van der Waals surface area (Å²) >= 11 is 6.80. The van der Waals surface area contributed by atoms with Crippen molar-refractivity contribution in [3.8, 4) is 0 Å². The van der Waals surface area contributed by atoms with Crippen LogP contribution in [-0.4, -0.2) is 30.4 Å². The number of thioether (sulfide) groups is 1. The molecule has 0 saturated carbocycles. The number of nitrogens with one attached hydrogen (secondary N) is 1. The van der Waals surface area contributed by atoms with Gasteiger partial charge in [0.15, 0.2) is 5.17 Å². The fourth-order valence-electron chi connectivity index (χ4n) is 1.40. The molecule has 1 heterocycles. The van der Waals surface area contributed by atoms with Crippen molar-refractivity contribution in [2.75, 3.05) is 7.11 Å². The Labute approximate surface area is 134 Å². The maximum absolute atomic E-state index is 13.1. The number of hydrogen-bond donors (Lipinski definition) is 1. The van der Waals surface area contributed by atoms with Crippen molar-refractivity contribution in [3.05, 3.63) is 45.6 Å². The number of ether oxygens (including phenoxy) is 1. The number of esters is 1. The molecule has 1 aromatic carbocycles. The second-order valence-electron chi connectivity index (χ2n) is 3.90. The first-order chi connectivity index (χ1) is 10.5. The van der Waals surface area contributed by atoms with Crippen molar-refractivity contribution in [2.24, 2.45) is 10.2 Å². The molecule has 6 nitrogen and oxygen atoms in total. The summed E-state index contributed by atoms with van der Waals surface area (Å²) in [4.78, 5) is 22.8. The Morgan fingerprint density at radius 1 is 1.50 bits per heavy atom. The molecule has 0 bridgehead atoms. The zero-order valence-corrected chi connectivity index (χ0v) is 12.7. The minimum Gasteiger partial charge on any atom is -0.466 e. The van der Waals surface area contributed by atoms with E-state index in [0.29, 0.717) is 10.6 Å². The Hall–Kier alpha value is -2.19. The van der Waals surface area contributed by atoms with Gasteiger partial charge in [-0.15, -0.1) is 5.10 Å². The van der Waals surface area contributed by atoms with Crippen molar-refractivity contribution < 1.29 is 18.7 Å². The summed E-state index contributed by atoms with van der Waals surface area (Å²) < 4.78 is 17.5. The first kappa shape index (κ1) is 16.2.